The molecule has 1 N–H and O–H groups in total. The molecule has 9 heteroatoms. The highest BCUT2D eigenvalue weighted by Gasteiger charge is 2.14. The largest absolute Gasteiger partial charge is 0.465 e. The third-order valence-corrected chi connectivity index (χ3v) is 4.84. The second-order valence-corrected chi connectivity index (χ2v) is 6.91. The van der Waals surface area contributed by atoms with E-state index in [4.69, 9.17) is 16.0 Å². The number of hydrazone groups is 1. The highest BCUT2D eigenvalue weighted by molar-refractivity contribution is 7.99. The molecule has 0 saturated carbocycles. The van der Waals surface area contributed by atoms with Gasteiger partial charge in [-0.3, -0.25) is 4.79 Å². The first-order valence-electron chi connectivity index (χ1n) is 8.51. The van der Waals surface area contributed by atoms with Crippen LogP contribution in [0.2, 0.25) is 5.02 Å². The summed E-state index contributed by atoms with van der Waals surface area (Å²) >= 11 is 7.24. The molecule has 0 radical (unpaired) electrons. The van der Waals surface area contributed by atoms with Crippen LogP contribution in [0.4, 0.5) is 0 Å². The number of amides is 1. The van der Waals surface area contributed by atoms with E-state index in [-0.39, 0.29) is 11.7 Å². The monoisotopic (exact) mass is 415 g/mol. The SMILES string of the molecule is CCn1c(SCC(=O)NN=CC=Cc2ccco2)nnc1-c1ccc(Cl)cc1. The Bertz CT molecular complexity index is 965. The van der Waals surface area contributed by atoms with Crippen LogP contribution >= 0.6 is 23.4 Å². The third kappa shape index (κ3) is 5.34. The highest BCUT2D eigenvalue weighted by atomic mass is 35.5. The van der Waals surface area contributed by atoms with Gasteiger partial charge in [-0.05, 0) is 55.5 Å². The number of carbonyl (C=O) groups is 1. The van der Waals surface area contributed by atoms with Crippen molar-refractivity contribution in [3.63, 3.8) is 0 Å². The van der Waals surface area contributed by atoms with Crippen molar-refractivity contribution in [2.75, 3.05) is 5.75 Å². The molecule has 0 atom stereocenters. The van der Waals surface area contributed by atoms with E-state index >= 15 is 0 Å². The van der Waals surface area contributed by atoms with Crippen molar-refractivity contribution in [2.45, 2.75) is 18.6 Å². The van der Waals surface area contributed by atoms with E-state index in [1.807, 2.05) is 41.8 Å². The van der Waals surface area contributed by atoms with Gasteiger partial charge < -0.3 is 8.98 Å². The number of allylic oxidation sites excluding steroid dienone is 1. The van der Waals surface area contributed by atoms with Crippen LogP contribution in [-0.4, -0.2) is 32.6 Å². The number of rotatable bonds is 8. The summed E-state index contributed by atoms with van der Waals surface area (Å²) in [6.07, 6.45) is 6.49. The van der Waals surface area contributed by atoms with Gasteiger partial charge in [0.25, 0.3) is 5.91 Å². The Hall–Kier alpha value is -2.84. The zero-order chi connectivity index (χ0) is 19.8. The van der Waals surface area contributed by atoms with Gasteiger partial charge in [0, 0.05) is 23.3 Å². The van der Waals surface area contributed by atoms with Crippen LogP contribution < -0.4 is 5.43 Å². The highest BCUT2D eigenvalue weighted by Crippen LogP contribution is 2.24. The summed E-state index contributed by atoms with van der Waals surface area (Å²) < 4.78 is 7.10. The molecule has 2 aromatic heterocycles. The average molecular weight is 416 g/mol. The molecule has 0 aliphatic heterocycles. The molecule has 0 aliphatic carbocycles. The minimum atomic E-state index is -0.230. The Morgan fingerprint density at radius 3 is 2.86 bits per heavy atom. The van der Waals surface area contributed by atoms with Gasteiger partial charge in [-0.25, -0.2) is 5.43 Å². The molecule has 28 heavy (non-hydrogen) atoms. The van der Waals surface area contributed by atoms with Crippen LogP contribution in [0.15, 0.2) is 63.4 Å². The zero-order valence-electron chi connectivity index (χ0n) is 15.1. The van der Waals surface area contributed by atoms with Crippen molar-refractivity contribution < 1.29 is 9.21 Å². The lowest BCUT2D eigenvalue weighted by Crippen LogP contribution is -2.19. The van der Waals surface area contributed by atoms with Crippen LogP contribution in [0.3, 0.4) is 0 Å². The molecule has 1 amide bonds. The Morgan fingerprint density at radius 1 is 1.32 bits per heavy atom. The van der Waals surface area contributed by atoms with E-state index < -0.39 is 0 Å². The fourth-order valence-corrected chi connectivity index (χ4v) is 3.25. The van der Waals surface area contributed by atoms with Gasteiger partial charge in [0.1, 0.15) is 5.76 Å². The summed E-state index contributed by atoms with van der Waals surface area (Å²) in [7, 11) is 0. The van der Waals surface area contributed by atoms with Crippen LogP contribution in [0.1, 0.15) is 12.7 Å². The van der Waals surface area contributed by atoms with Gasteiger partial charge in [-0.1, -0.05) is 23.4 Å². The minimum absolute atomic E-state index is 0.179. The predicted molar refractivity (Wildman–Crippen MR) is 111 cm³/mol. The van der Waals surface area contributed by atoms with Crippen molar-refractivity contribution in [1.82, 2.24) is 20.2 Å². The normalized spacial score (nSPS) is 11.5. The van der Waals surface area contributed by atoms with Gasteiger partial charge in [0.05, 0.1) is 12.0 Å². The molecule has 0 bridgehead atoms. The second-order valence-electron chi connectivity index (χ2n) is 5.53. The zero-order valence-corrected chi connectivity index (χ0v) is 16.7. The van der Waals surface area contributed by atoms with E-state index in [2.05, 4.69) is 20.7 Å². The first-order chi connectivity index (χ1) is 13.7. The van der Waals surface area contributed by atoms with Gasteiger partial charge in [-0.2, -0.15) is 5.10 Å². The number of hydrogen-bond acceptors (Lipinski definition) is 6. The molecule has 0 saturated heterocycles. The maximum Gasteiger partial charge on any atom is 0.250 e. The van der Waals surface area contributed by atoms with Gasteiger partial charge >= 0.3 is 0 Å². The molecule has 7 nitrogen and oxygen atoms in total. The predicted octanol–water partition coefficient (Wildman–Crippen LogP) is 4.12. The van der Waals surface area contributed by atoms with E-state index in [9.17, 15) is 4.79 Å². The summed E-state index contributed by atoms with van der Waals surface area (Å²) in [6, 6.07) is 11.0. The van der Waals surface area contributed by atoms with Crippen LogP contribution in [0.5, 0.6) is 0 Å². The van der Waals surface area contributed by atoms with E-state index in [1.165, 1.54) is 18.0 Å². The quantitative estimate of drug-likeness (QED) is 0.340. The van der Waals surface area contributed by atoms with Gasteiger partial charge in [0.2, 0.25) is 0 Å². The molecule has 144 valence electrons. The summed E-state index contributed by atoms with van der Waals surface area (Å²) in [5, 5.41) is 13.6. The lowest BCUT2D eigenvalue weighted by molar-refractivity contribution is -0.118. The number of thioether (sulfide) groups is 1. The van der Waals surface area contributed by atoms with Gasteiger partial charge in [0.15, 0.2) is 11.0 Å². The number of furan rings is 1. The number of nitrogens with zero attached hydrogens (tertiary/aromatic N) is 4. The smallest absolute Gasteiger partial charge is 0.250 e. The molecule has 0 unspecified atom stereocenters. The van der Waals surface area contributed by atoms with Crippen molar-refractivity contribution in [3.05, 3.63) is 59.5 Å². The van der Waals surface area contributed by atoms with Gasteiger partial charge in [-0.15, -0.1) is 10.2 Å². The first-order valence-corrected chi connectivity index (χ1v) is 9.87. The Kier molecular flexibility index (Phi) is 7.05. The van der Waals surface area contributed by atoms with E-state index in [1.54, 1.807) is 24.5 Å². The van der Waals surface area contributed by atoms with Crippen LogP contribution in [0, 0.1) is 0 Å². The molecule has 0 spiro atoms. The fourth-order valence-electron chi connectivity index (χ4n) is 2.33. The Morgan fingerprint density at radius 2 is 2.14 bits per heavy atom. The lowest BCUT2D eigenvalue weighted by atomic mass is 10.2. The van der Waals surface area contributed by atoms with Crippen LogP contribution in [0.25, 0.3) is 17.5 Å². The Balaban J connectivity index is 1.54. The topological polar surface area (TPSA) is 85.3 Å². The summed E-state index contributed by atoms with van der Waals surface area (Å²) in [5.41, 5.74) is 3.39. The number of carbonyl (C=O) groups excluding carboxylic acids is 1. The average Bonchev–Trinajstić information content (AvgIpc) is 3.36. The maximum atomic E-state index is 12.0. The Labute approximate surface area is 171 Å². The second kappa shape index (κ2) is 9.91. The number of nitrogens with one attached hydrogen (secondary N) is 1. The molecular weight excluding hydrogens is 398 g/mol. The van der Waals surface area contributed by atoms with Crippen LogP contribution in [-0.2, 0) is 11.3 Å². The van der Waals surface area contributed by atoms with Crippen molar-refractivity contribution in [3.8, 4) is 11.4 Å². The third-order valence-electron chi connectivity index (χ3n) is 3.62. The number of hydrogen-bond donors (Lipinski definition) is 1. The van der Waals surface area contributed by atoms with E-state index in [0.29, 0.717) is 22.5 Å². The van der Waals surface area contributed by atoms with Crippen molar-refractivity contribution in [1.29, 1.82) is 0 Å². The fraction of sp³-hybridized carbons (Fsp3) is 0.158. The summed E-state index contributed by atoms with van der Waals surface area (Å²) in [5.74, 6) is 1.40. The molecular formula is C19H18ClN5O2S. The molecule has 2 heterocycles. The molecule has 3 rings (SSSR count). The summed E-state index contributed by atoms with van der Waals surface area (Å²) in [4.78, 5) is 12.0. The molecule has 3 aromatic rings. The van der Waals surface area contributed by atoms with Crippen molar-refractivity contribution >= 4 is 41.6 Å². The minimum Gasteiger partial charge on any atom is -0.465 e. The number of halogens is 1. The molecule has 0 aliphatic rings. The summed E-state index contributed by atoms with van der Waals surface area (Å²) in [6.45, 7) is 2.69. The maximum absolute atomic E-state index is 12.0. The van der Waals surface area contributed by atoms with Crippen molar-refractivity contribution in [2.24, 2.45) is 5.10 Å². The standard InChI is InChI=1S/C19H18ClN5O2S/c1-2-25-18(14-7-9-15(20)10-8-14)23-24-19(25)28-13-17(26)22-21-11-3-5-16-6-4-12-27-16/h3-12H,2,13H2,1H3,(H,22,26). The molecule has 0 fully saturated rings. The molecule has 1 aromatic carbocycles. The number of aromatic nitrogens is 3. The van der Waals surface area contributed by atoms with E-state index in [0.717, 1.165) is 11.4 Å². The first kappa shape index (κ1) is 19.9. The lowest BCUT2D eigenvalue weighted by Gasteiger charge is -2.07. The number of benzene rings is 1.